The van der Waals surface area contributed by atoms with E-state index in [2.05, 4.69) is 18.1 Å². The Kier molecular flexibility index (Phi) is 3.69. The van der Waals surface area contributed by atoms with Crippen molar-refractivity contribution in [2.75, 3.05) is 5.73 Å². The van der Waals surface area contributed by atoms with Crippen LogP contribution >= 0.6 is 34.5 Å². The fraction of sp³-hybridized carbons (Fsp3) is 0.133. The number of anilines is 1. The van der Waals surface area contributed by atoms with Crippen molar-refractivity contribution in [3.8, 4) is 21.7 Å². The number of hydrogen-bond donors (Lipinski definition) is 1. The van der Waals surface area contributed by atoms with Gasteiger partial charge in [0.2, 0.25) is 0 Å². The second-order valence-corrected chi connectivity index (χ2v) is 6.55. The van der Waals surface area contributed by atoms with Crippen molar-refractivity contribution in [1.82, 2.24) is 9.78 Å². The molecule has 0 spiro atoms. The van der Waals surface area contributed by atoms with E-state index >= 15 is 0 Å². The molecule has 0 bridgehead atoms. The average Bonchev–Trinajstić information content (AvgIpc) is 2.96. The van der Waals surface area contributed by atoms with Crippen LogP contribution in [0.5, 0.6) is 0 Å². The number of nitrogens with two attached hydrogens (primary N) is 1. The summed E-state index contributed by atoms with van der Waals surface area (Å²) in [6, 6.07) is 7.47. The first-order valence-corrected chi connectivity index (χ1v) is 7.95. The highest BCUT2D eigenvalue weighted by Gasteiger charge is 2.21. The molecule has 0 aliphatic rings. The van der Waals surface area contributed by atoms with Gasteiger partial charge < -0.3 is 5.73 Å². The zero-order chi connectivity index (χ0) is 15.1. The quantitative estimate of drug-likeness (QED) is 0.713. The molecule has 0 radical (unpaired) electrons. The van der Waals surface area contributed by atoms with Crippen LogP contribution in [-0.4, -0.2) is 9.78 Å². The van der Waals surface area contributed by atoms with Crippen molar-refractivity contribution in [1.29, 1.82) is 0 Å². The van der Waals surface area contributed by atoms with Crippen LogP contribution in [0.1, 0.15) is 5.56 Å². The van der Waals surface area contributed by atoms with E-state index < -0.39 is 0 Å². The Hall–Kier alpha value is -1.49. The zero-order valence-electron chi connectivity index (χ0n) is 11.5. The minimum atomic E-state index is 0.567. The first kappa shape index (κ1) is 14.4. The van der Waals surface area contributed by atoms with Crippen LogP contribution in [-0.2, 0) is 7.05 Å². The molecule has 3 nitrogen and oxygen atoms in total. The predicted octanol–water partition coefficient (Wildman–Crippen LogP) is 5.01. The molecule has 3 rings (SSSR count). The Labute approximate surface area is 136 Å². The lowest BCUT2D eigenvalue weighted by atomic mass is 10.0. The Morgan fingerprint density at radius 2 is 2.00 bits per heavy atom. The van der Waals surface area contributed by atoms with E-state index in [-0.39, 0.29) is 0 Å². The number of nitrogens with zero attached hydrogens (tertiary/aromatic N) is 2. The molecule has 2 heterocycles. The maximum Gasteiger partial charge on any atom is 0.130 e. The third kappa shape index (κ3) is 2.44. The summed E-state index contributed by atoms with van der Waals surface area (Å²) in [5.41, 5.74) is 9.93. The van der Waals surface area contributed by atoms with Crippen molar-refractivity contribution in [2.24, 2.45) is 7.05 Å². The predicted molar refractivity (Wildman–Crippen MR) is 91.1 cm³/mol. The Bertz CT molecular complexity index is 820. The molecule has 2 aromatic heterocycles. The minimum Gasteiger partial charge on any atom is -0.383 e. The van der Waals surface area contributed by atoms with E-state index in [0.29, 0.717) is 15.9 Å². The molecule has 0 saturated heterocycles. The molecule has 0 atom stereocenters. The summed E-state index contributed by atoms with van der Waals surface area (Å²) in [5.74, 6) is 0.585. The number of nitrogen functional groups attached to an aromatic ring is 1. The first-order valence-electron chi connectivity index (χ1n) is 6.31. The molecule has 6 heteroatoms. The van der Waals surface area contributed by atoms with Crippen molar-refractivity contribution in [3.05, 3.63) is 45.3 Å². The second kappa shape index (κ2) is 5.37. The van der Waals surface area contributed by atoms with E-state index in [1.807, 2.05) is 18.5 Å². The molecular weight excluding hydrogens is 325 g/mol. The van der Waals surface area contributed by atoms with Crippen molar-refractivity contribution in [3.63, 3.8) is 0 Å². The van der Waals surface area contributed by atoms with Gasteiger partial charge >= 0.3 is 0 Å². The van der Waals surface area contributed by atoms with Crippen molar-refractivity contribution >= 4 is 40.4 Å². The Morgan fingerprint density at radius 3 is 2.62 bits per heavy atom. The van der Waals surface area contributed by atoms with Gasteiger partial charge in [-0.15, -0.1) is 11.3 Å². The zero-order valence-corrected chi connectivity index (χ0v) is 13.9. The van der Waals surface area contributed by atoms with E-state index in [9.17, 15) is 0 Å². The van der Waals surface area contributed by atoms with Crippen molar-refractivity contribution < 1.29 is 0 Å². The van der Waals surface area contributed by atoms with Gasteiger partial charge in [-0.05, 0) is 36.1 Å². The van der Waals surface area contributed by atoms with E-state index in [0.717, 1.165) is 21.7 Å². The van der Waals surface area contributed by atoms with Gasteiger partial charge in [0.1, 0.15) is 11.5 Å². The normalized spacial score (nSPS) is 11.0. The number of rotatable bonds is 2. The van der Waals surface area contributed by atoms with Crippen LogP contribution in [0.25, 0.3) is 21.7 Å². The third-order valence-electron chi connectivity index (χ3n) is 3.37. The topological polar surface area (TPSA) is 43.8 Å². The monoisotopic (exact) mass is 337 g/mol. The van der Waals surface area contributed by atoms with Crippen LogP contribution in [0.3, 0.4) is 0 Å². The maximum absolute atomic E-state index is 6.34. The van der Waals surface area contributed by atoms with Gasteiger partial charge in [0.25, 0.3) is 0 Å². The summed E-state index contributed by atoms with van der Waals surface area (Å²) in [7, 11) is 1.83. The van der Waals surface area contributed by atoms with Crippen LogP contribution in [0.15, 0.2) is 29.6 Å². The molecule has 0 aliphatic carbocycles. The molecule has 1 aromatic carbocycles. The molecule has 108 valence electrons. The number of halogens is 2. The van der Waals surface area contributed by atoms with Crippen LogP contribution in [0, 0.1) is 6.92 Å². The second-order valence-electron chi connectivity index (χ2n) is 4.79. The maximum atomic E-state index is 6.34. The van der Waals surface area contributed by atoms with Gasteiger partial charge in [-0.25, -0.2) is 0 Å². The summed E-state index contributed by atoms with van der Waals surface area (Å²) in [4.78, 5) is 1.10. The van der Waals surface area contributed by atoms with Gasteiger partial charge in [-0.1, -0.05) is 29.3 Å². The van der Waals surface area contributed by atoms with Crippen molar-refractivity contribution in [2.45, 2.75) is 6.92 Å². The SMILES string of the molecule is Cc1ccsc1-c1nn(C)c(N)c1-c1ccc(Cl)cc1Cl. The highest BCUT2D eigenvalue weighted by atomic mass is 35.5. The van der Waals surface area contributed by atoms with Crippen LogP contribution < -0.4 is 5.73 Å². The standard InChI is InChI=1S/C15H13Cl2N3S/c1-8-5-6-21-14(8)13-12(15(18)20(2)19-13)10-4-3-9(16)7-11(10)17/h3-7H,18H2,1-2H3. The number of aryl methyl sites for hydroxylation is 2. The van der Waals surface area contributed by atoms with Gasteiger partial charge in [0, 0.05) is 17.6 Å². The fourth-order valence-electron chi connectivity index (χ4n) is 2.27. The fourth-order valence-corrected chi connectivity index (χ4v) is 3.69. The summed E-state index contributed by atoms with van der Waals surface area (Å²) in [6.45, 7) is 2.06. The summed E-state index contributed by atoms with van der Waals surface area (Å²) in [5, 5.41) is 7.77. The number of benzene rings is 1. The molecule has 0 unspecified atom stereocenters. The van der Waals surface area contributed by atoms with Gasteiger partial charge in [0.15, 0.2) is 0 Å². The molecule has 0 saturated carbocycles. The number of thiophene rings is 1. The summed E-state index contributed by atoms with van der Waals surface area (Å²) >= 11 is 14.0. The lowest BCUT2D eigenvalue weighted by Gasteiger charge is -2.07. The van der Waals surface area contributed by atoms with Gasteiger partial charge in [0.05, 0.1) is 15.5 Å². The molecular formula is C15H13Cl2N3S. The van der Waals surface area contributed by atoms with E-state index in [1.54, 1.807) is 28.2 Å². The molecule has 0 amide bonds. The Morgan fingerprint density at radius 1 is 1.24 bits per heavy atom. The van der Waals surface area contributed by atoms with Gasteiger partial charge in [-0.3, -0.25) is 4.68 Å². The first-order chi connectivity index (χ1) is 9.99. The summed E-state index contributed by atoms with van der Waals surface area (Å²) < 4.78 is 1.68. The largest absolute Gasteiger partial charge is 0.383 e. The molecule has 0 aliphatic heterocycles. The highest BCUT2D eigenvalue weighted by molar-refractivity contribution is 7.13. The minimum absolute atomic E-state index is 0.567. The molecule has 3 aromatic rings. The summed E-state index contributed by atoms with van der Waals surface area (Å²) in [6.07, 6.45) is 0. The molecule has 0 fully saturated rings. The Balaban J connectivity index is 2.30. The van der Waals surface area contributed by atoms with E-state index in [4.69, 9.17) is 28.9 Å². The smallest absolute Gasteiger partial charge is 0.130 e. The van der Waals surface area contributed by atoms with Gasteiger partial charge in [-0.2, -0.15) is 5.10 Å². The lowest BCUT2D eigenvalue weighted by molar-refractivity contribution is 0.783. The third-order valence-corrected chi connectivity index (χ3v) is 4.94. The molecule has 2 N–H and O–H groups in total. The number of aromatic nitrogens is 2. The van der Waals surface area contributed by atoms with Crippen LogP contribution in [0.2, 0.25) is 10.0 Å². The lowest BCUT2D eigenvalue weighted by Crippen LogP contribution is -1.98. The average molecular weight is 338 g/mol. The highest BCUT2D eigenvalue weighted by Crippen LogP contribution is 2.42. The molecule has 21 heavy (non-hydrogen) atoms. The van der Waals surface area contributed by atoms with E-state index in [1.165, 1.54) is 5.56 Å². The van der Waals surface area contributed by atoms with Crippen LogP contribution in [0.4, 0.5) is 5.82 Å². The number of hydrogen-bond acceptors (Lipinski definition) is 3.